The molecule has 2 nitrogen and oxygen atoms in total. The minimum Gasteiger partial charge on any atom is -0.382 e. The van der Waals surface area contributed by atoms with Gasteiger partial charge in [0.25, 0.3) is 0 Å². The summed E-state index contributed by atoms with van der Waals surface area (Å²) in [7, 11) is 0. The number of rotatable bonds is 3. The summed E-state index contributed by atoms with van der Waals surface area (Å²) in [6.07, 6.45) is 2.29. The molecule has 1 aliphatic heterocycles. The number of aliphatic hydroxyl groups excluding tert-OH is 1. The van der Waals surface area contributed by atoms with Gasteiger partial charge in [0.15, 0.2) is 0 Å². The second-order valence-corrected chi connectivity index (χ2v) is 4.51. The zero-order chi connectivity index (χ0) is 10.7. The van der Waals surface area contributed by atoms with Crippen LogP contribution in [-0.2, 0) is 0 Å². The van der Waals surface area contributed by atoms with Gasteiger partial charge in [-0.3, -0.25) is 0 Å². The SMILES string of the molecule is C[C@@H]([C@H](O)c1ccccc1)[NH+]1CCCC1. The van der Waals surface area contributed by atoms with E-state index in [0.29, 0.717) is 6.04 Å². The lowest BCUT2D eigenvalue weighted by molar-refractivity contribution is -0.916. The molecule has 1 aromatic carbocycles. The topological polar surface area (TPSA) is 24.7 Å². The Labute approximate surface area is 91.5 Å². The first-order valence-corrected chi connectivity index (χ1v) is 5.86. The third kappa shape index (κ3) is 2.39. The van der Waals surface area contributed by atoms with Gasteiger partial charge in [-0.25, -0.2) is 0 Å². The molecule has 0 bridgehead atoms. The zero-order valence-corrected chi connectivity index (χ0v) is 9.32. The standard InChI is InChI=1S/C13H19NO/c1-11(14-9-5-6-10-14)13(15)12-7-3-2-4-8-12/h2-4,7-8,11,13,15H,5-6,9-10H2,1H3/p+1/t11-,13-/m0/s1. The summed E-state index contributed by atoms with van der Waals surface area (Å²) in [6, 6.07) is 10.3. The van der Waals surface area contributed by atoms with E-state index in [1.807, 2.05) is 30.3 Å². The summed E-state index contributed by atoms with van der Waals surface area (Å²) in [5.74, 6) is 0. The fourth-order valence-corrected chi connectivity index (χ4v) is 2.45. The van der Waals surface area contributed by atoms with Crippen LogP contribution >= 0.6 is 0 Å². The fraction of sp³-hybridized carbons (Fsp3) is 0.538. The van der Waals surface area contributed by atoms with Crippen molar-refractivity contribution in [1.29, 1.82) is 0 Å². The maximum absolute atomic E-state index is 10.2. The molecule has 82 valence electrons. The molecule has 1 aromatic rings. The lowest BCUT2D eigenvalue weighted by atomic mass is 10.0. The van der Waals surface area contributed by atoms with E-state index in [1.54, 1.807) is 4.90 Å². The van der Waals surface area contributed by atoms with Crippen LogP contribution in [0.5, 0.6) is 0 Å². The highest BCUT2D eigenvalue weighted by Crippen LogP contribution is 2.14. The summed E-state index contributed by atoms with van der Waals surface area (Å²) in [5, 5.41) is 10.2. The Hall–Kier alpha value is -0.860. The van der Waals surface area contributed by atoms with Gasteiger partial charge in [0, 0.05) is 12.8 Å². The van der Waals surface area contributed by atoms with Crippen LogP contribution in [0.1, 0.15) is 31.4 Å². The van der Waals surface area contributed by atoms with Crippen LogP contribution in [0, 0.1) is 0 Å². The Balaban J connectivity index is 2.03. The predicted molar refractivity (Wildman–Crippen MR) is 60.8 cm³/mol. The van der Waals surface area contributed by atoms with E-state index >= 15 is 0 Å². The van der Waals surface area contributed by atoms with Crippen LogP contribution in [-0.4, -0.2) is 24.2 Å². The van der Waals surface area contributed by atoms with Crippen molar-refractivity contribution in [3.05, 3.63) is 35.9 Å². The largest absolute Gasteiger partial charge is 0.382 e. The van der Waals surface area contributed by atoms with Gasteiger partial charge in [0.2, 0.25) is 0 Å². The van der Waals surface area contributed by atoms with Crippen molar-refractivity contribution in [1.82, 2.24) is 0 Å². The van der Waals surface area contributed by atoms with E-state index in [1.165, 1.54) is 25.9 Å². The first-order chi connectivity index (χ1) is 7.29. The summed E-state index contributed by atoms with van der Waals surface area (Å²) < 4.78 is 0. The Morgan fingerprint density at radius 2 is 1.73 bits per heavy atom. The molecule has 1 fully saturated rings. The number of benzene rings is 1. The fourth-order valence-electron chi connectivity index (χ4n) is 2.45. The van der Waals surface area contributed by atoms with Gasteiger partial charge in [0.05, 0.1) is 13.1 Å². The monoisotopic (exact) mass is 206 g/mol. The number of hydrogen-bond donors (Lipinski definition) is 2. The average Bonchev–Trinajstić information content (AvgIpc) is 2.82. The first-order valence-electron chi connectivity index (χ1n) is 5.86. The predicted octanol–water partition coefficient (Wildman–Crippen LogP) is 0.787. The molecule has 2 atom stereocenters. The number of hydrogen-bond acceptors (Lipinski definition) is 1. The van der Waals surface area contributed by atoms with Gasteiger partial charge in [-0.1, -0.05) is 30.3 Å². The van der Waals surface area contributed by atoms with E-state index in [2.05, 4.69) is 6.92 Å². The minimum absolute atomic E-state index is 0.315. The number of aliphatic hydroxyl groups is 1. The smallest absolute Gasteiger partial charge is 0.130 e. The van der Waals surface area contributed by atoms with Gasteiger partial charge in [-0.05, 0) is 12.5 Å². The molecule has 0 saturated carbocycles. The number of nitrogens with one attached hydrogen (secondary N) is 1. The molecule has 0 aliphatic carbocycles. The van der Waals surface area contributed by atoms with E-state index in [4.69, 9.17) is 0 Å². The summed E-state index contributed by atoms with van der Waals surface area (Å²) in [4.78, 5) is 1.55. The lowest BCUT2D eigenvalue weighted by Gasteiger charge is -2.25. The summed E-state index contributed by atoms with van der Waals surface area (Å²) >= 11 is 0. The van der Waals surface area contributed by atoms with Crippen LogP contribution in [0.3, 0.4) is 0 Å². The number of quaternary nitrogens is 1. The molecule has 1 aliphatic rings. The molecule has 2 N–H and O–H groups in total. The molecular weight excluding hydrogens is 186 g/mol. The molecule has 0 spiro atoms. The third-order valence-electron chi connectivity index (χ3n) is 3.50. The van der Waals surface area contributed by atoms with Gasteiger partial charge < -0.3 is 10.0 Å². The highest BCUT2D eigenvalue weighted by Gasteiger charge is 2.28. The molecule has 0 amide bonds. The molecule has 0 aromatic heterocycles. The first kappa shape index (κ1) is 10.7. The number of likely N-dealkylation sites (tertiary alicyclic amines) is 1. The van der Waals surface area contributed by atoms with Crippen molar-refractivity contribution in [2.45, 2.75) is 31.9 Å². The highest BCUT2D eigenvalue weighted by molar-refractivity contribution is 5.17. The second-order valence-electron chi connectivity index (χ2n) is 4.51. The van der Waals surface area contributed by atoms with Crippen LogP contribution in [0.15, 0.2) is 30.3 Å². The molecule has 0 unspecified atom stereocenters. The van der Waals surface area contributed by atoms with E-state index < -0.39 is 0 Å². The van der Waals surface area contributed by atoms with Gasteiger partial charge in [-0.2, -0.15) is 0 Å². The zero-order valence-electron chi connectivity index (χ0n) is 9.32. The second kappa shape index (κ2) is 4.77. The molecule has 15 heavy (non-hydrogen) atoms. The highest BCUT2D eigenvalue weighted by atomic mass is 16.3. The molecule has 2 heteroatoms. The van der Waals surface area contributed by atoms with Gasteiger partial charge in [0.1, 0.15) is 12.1 Å². The van der Waals surface area contributed by atoms with Crippen LogP contribution in [0.25, 0.3) is 0 Å². The van der Waals surface area contributed by atoms with Crippen molar-refractivity contribution in [2.24, 2.45) is 0 Å². The Morgan fingerprint density at radius 1 is 1.13 bits per heavy atom. The van der Waals surface area contributed by atoms with Crippen molar-refractivity contribution >= 4 is 0 Å². The molecule has 1 heterocycles. The molecular formula is C13H20NO+. The Bertz CT molecular complexity index is 293. The van der Waals surface area contributed by atoms with Crippen LogP contribution in [0.2, 0.25) is 0 Å². The van der Waals surface area contributed by atoms with Gasteiger partial charge >= 0.3 is 0 Å². The normalized spacial score (nSPS) is 21.5. The maximum atomic E-state index is 10.2. The van der Waals surface area contributed by atoms with E-state index in [0.717, 1.165) is 5.56 Å². The van der Waals surface area contributed by atoms with Gasteiger partial charge in [-0.15, -0.1) is 0 Å². The quantitative estimate of drug-likeness (QED) is 0.751. The van der Waals surface area contributed by atoms with E-state index in [-0.39, 0.29) is 6.10 Å². The van der Waals surface area contributed by atoms with Crippen LogP contribution in [0.4, 0.5) is 0 Å². The Morgan fingerprint density at radius 3 is 2.33 bits per heavy atom. The third-order valence-corrected chi connectivity index (χ3v) is 3.50. The average molecular weight is 206 g/mol. The minimum atomic E-state index is -0.320. The molecule has 0 radical (unpaired) electrons. The lowest BCUT2D eigenvalue weighted by Crippen LogP contribution is -3.14. The van der Waals surface area contributed by atoms with Crippen molar-refractivity contribution < 1.29 is 10.0 Å². The maximum Gasteiger partial charge on any atom is 0.130 e. The summed E-state index contributed by atoms with van der Waals surface area (Å²) in [6.45, 7) is 4.58. The Kier molecular flexibility index (Phi) is 3.39. The summed E-state index contributed by atoms with van der Waals surface area (Å²) in [5.41, 5.74) is 1.05. The van der Waals surface area contributed by atoms with Crippen molar-refractivity contribution in [2.75, 3.05) is 13.1 Å². The van der Waals surface area contributed by atoms with Crippen molar-refractivity contribution in [3.63, 3.8) is 0 Å². The van der Waals surface area contributed by atoms with E-state index in [9.17, 15) is 5.11 Å². The molecule has 2 rings (SSSR count). The van der Waals surface area contributed by atoms with Crippen molar-refractivity contribution in [3.8, 4) is 0 Å². The molecule has 1 saturated heterocycles. The van der Waals surface area contributed by atoms with Crippen LogP contribution < -0.4 is 4.90 Å².